The first kappa shape index (κ1) is 14.1. The number of hydrogen-bond donors (Lipinski definition) is 4. The van der Waals surface area contributed by atoms with Crippen molar-refractivity contribution in [2.45, 2.75) is 51.0 Å². The standard InChI is InChI=1S/C13H24N4O2/c14-11(17-19)7-13(5-6-13)8-16-10-3-1-9(2-4-10)12(15)18/h9-10,16,19H,1-8H2,(H2,14,17)(H2,15,18). The summed E-state index contributed by atoms with van der Waals surface area (Å²) >= 11 is 0. The lowest BCUT2D eigenvalue weighted by Gasteiger charge is -2.29. The van der Waals surface area contributed by atoms with Gasteiger partial charge in [0.15, 0.2) is 0 Å². The zero-order valence-electron chi connectivity index (χ0n) is 11.3. The average Bonchev–Trinajstić information content (AvgIpc) is 3.17. The van der Waals surface area contributed by atoms with Gasteiger partial charge in [-0.15, -0.1) is 0 Å². The van der Waals surface area contributed by atoms with Crippen LogP contribution in [0, 0.1) is 11.3 Å². The summed E-state index contributed by atoms with van der Waals surface area (Å²) in [6.07, 6.45) is 6.72. The van der Waals surface area contributed by atoms with E-state index in [0.29, 0.717) is 18.3 Å². The Morgan fingerprint density at radius 1 is 1.26 bits per heavy atom. The maximum atomic E-state index is 11.1. The molecule has 0 aromatic heterocycles. The lowest BCUT2D eigenvalue weighted by molar-refractivity contribution is -0.122. The van der Waals surface area contributed by atoms with Crippen molar-refractivity contribution < 1.29 is 10.0 Å². The molecule has 0 atom stereocenters. The Balaban J connectivity index is 1.71. The molecule has 19 heavy (non-hydrogen) atoms. The van der Waals surface area contributed by atoms with Crippen LogP contribution in [0.5, 0.6) is 0 Å². The van der Waals surface area contributed by atoms with Crippen LogP contribution < -0.4 is 16.8 Å². The second-order valence-corrected chi connectivity index (χ2v) is 6.10. The normalized spacial score (nSPS) is 30.0. The van der Waals surface area contributed by atoms with Gasteiger partial charge in [-0.1, -0.05) is 5.16 Å². The maximum Gasteiger partial charge on any atom is 0.220 e. The van der Waals surface area contributed by atoms with E-state index in [9.17, 15) is 4.79 Å². The number of amidine groups is 1. The zero-order valence-corrected chi connectivity index (χ0v) is 11.3. The fraction of sp³-hybridized carbons (Fsp3) is 0.846. The number of nitrogens with two attached hydrogens (primary N) is 2. The van der Waals surface area contributed by atoms with Crippen LogP contribution in [0.25, 0.3) is 0 Å². The molecule has 6 N–H and O–H groups in total. The molecular weight excluding hydrogens is 244 g/mol. The van der Waals surface area contributed by atoms with Gasteiger partial charge in [-0.25, -0.2) is 0 Å². The van der Waals surface area contributed by atoms with E-state index in [1.54, 1.807) is 0 Å². The van der Waals surface area contributed by atoms with Gasteiger partial charge in [0.1, 0.15) is 5.84 Å². The molecule has 0 saturated heterocycles. The number of nitrogens with zero attached hydrogens (tertiary/aromatic N) is 1. The van der Waals surface area contributed by atoms with E-state index in [-0.39, 0.29) is 17.2 Å². The second kappa shape index (κ2) is 5.77. The molecule has 0 aliphatic heterocycles. The molecule has 108 valence electrons. The smallest absolute Gasteiger partial charge is 0.220 e. The number of oxime groups is 1. The number of primary amides is 1. The third-order valence-corrected chi connectivity index (χ3v) is 4.54. The van der Waals surface area contributed by atoms with E-state index in [0.717, 1.165) is 45.1 Å². The molecule has 0 unspecified atom stereocenters. The molecule has 2 saturated carbocycles. The molecule has 2 aliphatic rings. The number of rotatable bonds is 6. The van der Waals surface area contributed by atoms with Gasteiger partial charge in [0.2, 0.25) is 5.91 Å². The van der Waals surface area contributed by atoms with Crippen LogP contribution in [-0.4, -0.2) is 29.5 Å². The summed E-state index contributed by atoms with van der Waals surface area (Å²) in [5.41, 5.74) is 11.1. The number of carbonyl (C=O) groups is 1. The quantitative estimate of drug-likeness (QED) is 0.243. The lowest BCUT2D eigenvalue weighted by atomic mass is 9.85. The highest BCUT2D eigenvalue weighted by molar-refractivity contribution is 5.80. The third-order valence-electron chi connectivity index (χ3n) is 4.54. The Hall–Kier alpha value is -1.30. The number of carbonyl (C=O) groups excluding carboxylic acids is 1. The van der Waals surface area contributed by atoms with Crippen molar-refractivity contribution in [3.8, 4) is 0 Å². The predicted molar refractivity (Wildman–Crippen MR) is 72.6 cm³/mol. The highest BCUT2D eigenvalue weighted by atomic mass is 16.4. The van der Waals surface area contributed by atoms with E-state index in [4.69, 9.17) is 16.7 Å². The van der Waals surface area contributed by atoms with Crippen molar-refractivity contribution in [2.75, 3.05) is 6.54 Å². The summed E-state index contributed by atoms with van der Waals surface area (Å²) in [4.78, 5) is 11.1. The Labute approximate surface area is 113 Å². The summed E-state index contributed by atoms with van der Waals surface area (Å²) in [5, 5.41) is 15.2. The van der Waals surface area contributed by atoms with Crippen LogP contribution in [0.3, 0.4) is 0 Å². The van der Waals surface area contributed by atoms with Gasteiger partial charge in [-0.2, -0.15) is 0 Å². The van der Waals surface area contributed by atoms with Gasteiger partial charge in [0.25, 0.3) is 0 Å². The maximum absolute atomic E-state index is 11.1. The van der Waals surface area contributed by atoms with Crippen molar-refractivity contribution in [3.05, 3.63) is 0 Å². The summed E-state index contributed by atoms with van der Waals surface area (Å²) in [6.45, 7) is 0.912. The van der Waals surface area contributed by atoms with E-state index >= 15 is 0 Å². The molecule has 0 aromatic carbocycles. The predicted octanol–water partition coefficient (Wildman–Crippen LogP) is 0.537. The Morgan fingerprint density at radius 2 is 1.89 bits per heavy atom. The van der Waals surface area contributed by atoms with Crippen molar-refractivity contribution in [1.29, 1.82) is 0 Å². The van der Waals surface area contributed by atoms with Crippen LogP contribution in [0.1, 0.15) is 44.9 Å². The SMILES string of the molecule is NC(=O)C1CCC(NCC2(CC(N)=NO)CC2)CC1. The summed E-state index contributed by atoms with van der Waals surface area (Å²) in [5.74, 6) is 0.214. The number of nitrogens with one attached hydrogen (secondary N) is 1. The summed E-state index contributed by atoms with van der Waals surface area (Å²) in [7, 11) is 0. The fourth-order valence-electron chi connectivity index (χ4n) is 2.96. The molecule has 6 heteroatoms. The molecule has 0 aromatic rings. The first-order chi connectivity index (χ1) is 9.04. The van der Waals surface area contributed by atoms with Crippen molar-refractivity contribution >= 4 is 11.7 Å². The van der Waals surface area contributed by atoms with Crippen LogP contribution >= 0.6 is 0 Å². The van der Waals surface area contributed by atoms with Gasteiger partial charge in [-0.3, -0.25) is 4.79 Å². The molecule has 2 rings (SSSR count). The van der Waals surface area contributed by atoms with Gasteiger partial charge in [-0.05, 0) is 43.9 Å². The third kappa shape index (κ3) is 3.83. The zero-order chi connectivity index (χ0) is 13.9. The summed E-state index contributed by atoms with van der Waals surface area (Å²) in [6, 6.07) is 0.473. The van der Waals surface area contributed by atoms with E-state index < -0.39 is 0 Å². The van der Waals surface area contributed by atoms with Gasteiger partial charge in [0, 0.05) is 24.9 Å². The first-order valence-corrected chi connectivity index (χ1v) is 7.04. The van der Waals surface area contributed by atoms with Crippen LogP contribution in [-0.2, 0) is 4.79 Å². The topological polar surface area (TPSA) is 114 Å². The molecule has 0 heterocycles. The Bertz CT molecular complexity index is 358. The first-order valence-electron chi connectivity index (χ1n) is 7.04. The average molecular weight is 268 g/mol. The van der Waals surface area contributed by atoms with E-state index in [1.165, 1.54) is 0 Å². The van der Waals surface area contributed by atoms with Gasteiger partial charge in [0.05, 0.1) is 0 Å². The second-order valence-electron chi connectivity index (χ2n) is 6.10. The minimum Gasteiger partial charge on any atom is -0.409 e. The molecule has 0 radical (unpaired) electrons. The van der Waals surface area contributed by atoms with Crippen LogP contribution in [0.4, 0.5) is 0 Å². The Kier molecular flexibility index (Phi) is 4.29. The highest BCUT2D eigenvalue weighted by Gasteiger charge is 2.43. The van der Waals surface area contributed by atoms with Crippen LogP contribution in [0.15, 0.2) is 5.16 Å². The minimum absolute atomic E-state index is 0.0603. The molecule has 1 amide bonds. The fourth-order valence-corrected chi connectivity index (χ4v) is 2.96. The monoisotopic (exact) mass is 268 g/mol. The van der Waals surface area contributed by atoms with Crippen molar-refractivity contribution in [1.82, 2.24) is 5.32 Å². The van der Waals surface area contributed by atoms with Crippen molar-refractivity contribution in [2.24, 2.45) is 28.0 Å². The van der Waals surface area contributed by atoms with Gasteiger partial charge < -0.3 is 22.0 Å². The minimum atomic E-state index is -0.163. The Morgan fingerprint density at radius 3 is 2.37 bits per heavy atom. The largest absolute Gasteiger partial charge is 0.409 e. The lowest BCUT2D eigenvalue weighted by Crippen LogP contribution is -2.39. The number of amides is 1. The molecule has 0 bridgehead atoms. The van der Waals surface area contributed by atoms with Crippen LogP contribution in [0.2, 0.25) is 0 Å². The molecule has 0 spiro atoms. The molecular formula is C13H24N4O2. The van der Waals surface area contributed by atoms with E-state index in [2.05, 4.69) is 10.5 Å². The number of hydrogen-bond acceptors (Lipinski definition) is 4. The molecule has 6 nitrogen and oxygen atoms in total. The van der Waals surface area contributed by atoms with Crippen molar-refractivity contribution in [3.63, 3.8) is 0 Å². The molecule has 2 aliphatic carbocycles. The summed E-state index contributed by atoms with van der Waals surface area (Å²) < 4.78 is 0. The van der Waals surface area contributed by atoms with Gasteiger partial charge >= 0.3 is 0 Å². The molecule has 2 fully saturated rings. The highest BCUT2D eigenvalue weighted by Crippen LogP contribution is 2.48. The van der Waals surface area contributed by atoms with E-state index in [1.807, 2.05) is 0 Å².